The van der Waals surface area contributed by atoms with Gasteiger partial charge in [-0.15, -0.1) is 10.2 Å². The molecule has 0 fully saturated rings. The van der Waals surface area contributed by atoms with Gasteiger partial charge in [0.25, 0.3) is 0 Å². The fourth-order valence-electron chi connectivity index (χ4n) is 1.72. The van der Waals surface area contributed by atoms with E-state index in [9.17, 15) is 0 Å². The molecule has 0 saturated carbocycles. The van der Waals surface area contributed by atoms with Gasteiger partial charge in [0.1, 0.15) is 0 Å². The average molecular weight is 308 g/mol. The number of hydrogen-bond acceptors (Lipinski definition) is 6. The average Bonchev–Trinajstić information content (AvgIpc) is 2.86. The van der Waals surface area contributed by atoms with Crippen LogP contribution >= 0.6 is 23.1 Å². The molecule has 0 aliphatic heterocycles. The largest absolute Gasteiger partial charge is 0.353 e. The monoisotopic (exact) mass is 308 g/mol. The standard InChI is InChI=1S/C14H20N4S2/c1-5-15-9-11-6-7-12(8-10(11)2)19-14-17-16-13(20-14)18(3)4/h6-8,15H,5,9H2,1-4H3. The number of benzene rings is 1. The third-order valence-electron chi connectivity index (χ3n) is 2.86. The van der Waals surface area contributed by atoms with Crippen molar-refractivity contribution in [3.63, 3.8) is 0 Å². The minimum atomic E-state index is 0.927. The zero-order valence-electron chi connectivity index (χ0n) is 12.3. The SMILES string of the molecule is CCNCc1ccc(Sc2nnc(N(C)C)s2)cc1C. The molecule has 0 spiro atoms. The second kappa shape index (κ2) is 7.06. The molecule has 0 saturated heterocycles. The maximum atomic E-state index is 4.21. The van der Waals surface area contributed by atoms with Crippen LogP contribution < -0.4 is 10.2 Å². The van der Waals surface area contributed by atoms with E-state index < -0.39 is 0 Å². The molecule has 20 heavy (non-hydrogen) atoms. The predicted octanol–water partition coefficient (Wildman–Crippen LogP) is 3.17. The maximum absolute atomic E-state index is 4.21. The van der Waals surface area contributed by atoms with Gasteiger partial charge in [-0.1, -0.05) is 36.1 Å². The van der Waals surface area contributed by atoms with Crippen molar-refractivity contribution in [1.29, 1.82) is 0 Å². The Morgan fingerprint density at radius 3 is 2.70 bits per heavy atom. The Bertz CT molecular complexity index is 566. The third-order valence-corrected chi connectivity index (χ3v) is 4.99. The first-order valence-corrected chi connectivity index (χ1v) is 8.22. The van der Waals surface area contributed by atoms with E-state index in [2.05, 4.69) is 47.6 Å². The van der Waals surface area contributed by atoms with Crippen molar-refractivity contribution < 1.29 is 0 Å². The van der Waals surface area contributed by atoms with Gasteiger partial charge in [-0.2, -0.15) is 0 Å². The van der Waals surface area contributed by atoms with E-state index in [1.54, 1.807) is 23.1 Å². The van der Waals surface area contributed by atoms with E-state index in [4.69, 9.17) is 0 Å². The number of aromatic nitrogens is 2. The van der Waals surface area contributed by atoms with E-state index in [1.807, 2.05) is 19.0 Å². The van der Waals surface area contributed by atoms with Gasteiger partial charge in [-0.25, -0.2) is 0 Å². The van der Waals surface area contributed by atoms with Crippen molar-refractivity contribution in [2.75, 3.05) is 25.5 Å². The van der Waals surface area contributed by atoms with E-state index in [0.29, 0.717) is 0 Å². The van der Waals surface area contributed by atoms with Gasteiger partial charge in [-0.05, 0) is 36.7 Å². The summed E-state index contributed by atoms with van der Waals surface area (Å²) in [7, 11) is 3.96. The Hall–Kier alpha value is -1.11. The first-order valence-electron chi connectivity index (χ1n) is 6.59. The molecule has 0 atom stereocenters. The van der Waals surface area contributed by atoms with Crippen LogP contribution in [0.15, 0.2) is 27.4 Å². The molecule has 1 aromatic carbocycles. The summed E-state index contributed by atoms with van der Waals surface area (Å²) in [4.78, 5) is 3.19. The van der Waals surface area contributed by atoms with Crippen LogP contribution in [0, 0.1) is 6.92 Å². The molecule has 2 rings (SSSR count). The van der Waals surface area contributed by atoms with Gasteiger partial charge < -0.3 is 10.2 Å². The van der Waals surface area contributed by atoms with Crippen LogP contribution in [0.5, 0.6) is 0 Å². The van der Waals surface area contributed by atoms with Crippen molar-refractivity contribution in [3.05, 3.63) is 29.3 Å². The maximum Gasteiger partial charge on any atom is 0.208 e. The van der Waals surface area contributed by atoms with Crippen LogP contribution in [0.3, 0.4) is 0 Å². The number of hydrogen-bond donors (Lipinski definition) is 1. The number of nitrogens with one attached hydrogen (secondary N) is 1. The van der Waals surface area contributed by atoms with Gasteiger partial charge in [0.2, 0.25) is 5.13 Å². The molecule has 0 bridgehead atoms. The van der Waals surface area contributed by atoms with Crippen LogP contribution in [0.1, 0.15) is 18.1 Å². The van der Waals surface area contributed by atoms with Crippen molar-refractivity contribution in [3.8, 4) is 0 Å². The molecular weight excluding hydrogens is 288 g/mol. The Balaban J connectivity index is 2.07. The van der Waals surface area contributed by atoms with Crippen molar-refractivity contribution in [2.24, 2.45) is 0 Å². The molecule has 2 aromatic rings. The normalized spacial score (nSPS) is 10.8. The van der Waals surface area contributed by atoms with Crippen LogP contribution in [-0.4, -0.2) is 30.8 Å². The molecule has 1 aromatic heterocycles. The molecule has 1 N–H and O–H groups in total. The highest BCUT2D eigenvalue weighted by molar-refractivity contribution is 8.01. The molecule has 0 radical (unpaired) electrons. The summed E-state index contributed by atoms with van der Waals surface area (Å²) in [5, 5.41) is 12.7. The fourth-order valence-corrected chi connectivity index (χ4v) is 3.55. The lowest BCUT2D eigenvalue weighted by molar-refractivity contribution is 0.723. The summed E-state index contributed by atoms with van der Waals surface area (Å²) in [6.45, 7) is 6.20. The molecule has 0 aliphatic rings. The zero-order chi connectivity index (χ0) is 14.5. The number of nitrogens with zero attached hydrogens (tertiary/aromatic N) is 3. The summed E-state index contributed by atoms with van der Waals surface area (Å²) in [6, 6.07) is 6.56. The Morgan fingerprint density at radius 1 is 1.30 bits per heavy atom. The number of anilines is 1. The highest BCUT2D eigenvalue weighted by Crippen LogP contribution is 2.33. The molecular formula is C14H20N4S2. The van der Waals surface area contributed by atoms with Crippen LogP contribution in [0.2, 0.25) is 0 Å². The Kier molecular flexibility index (Phi) is 5.39. The van der Waals surface area contributed by atoms with Crippen LogP contribution in [0.4, 0.5) is 5.13 Å². The summed E-state index contributed by atoms with van der Waals surface area (Å²) in [6.07, 6.45) is 0. The fraction of sp³-hybridized carbons (Fsp3) is 0.429. The van der Waals surface area contributed by atoms with Gasteiger partial charge in [0.15, 0.2) is 4.34 Å². The van der Waals surface area contributed by atoms with Gasteiger partial charge in [-0.3, -0.25) is 0 Å². The van der Waals surface area contributed by atoms with Crippen molar-refractivity contribution in [2.45, 2.75) is 29.6 Å². The second-order valence-corrected chi connectivity index (χ2v) is 6.99. The quantitative estimate of drug-likeness (QED) is 0.887. The van der Waals surface area contributed by atoms with Crippen molar-refractivity contribution >= 4 is 28.2 Å². The zero-order valence-corrected chi connectivity index (χ0v) is 13.9. The Labute approximate surface area is 128 Å². The second-order valence-electron chi connectivity index (χ2n) is 4.72. The van der Waals surface area contributed by atoms with Gasteiger partial charge in [0.05, 0.1) is 0 Å². The molecule has 0 amide bonds. The molecule has 6 heteroatoms. The van der Waals surface area contributed by atoms with Gasteiger partial charge >= 0.3 is 0 Å². The Morgan fingerprint density at radius 2 is 2.10 bits per heavy atom. The van der Waals surface area contributed by atoms with E-state index in [0.717, 1.165) is 22.6 Å². The van der Waals surface area contributed by atoms with E-state index >= 15 is 0 Å². The molecule has 0 unspecified atom stereocenters. The van der Waals surface area contributed by atoms with Crippen LogP contribution in [-0.2, 0) is 6.54 Å². The summed E-state index contributed by atoms with van der Waals surface area (Å²) >= 11 is 3.28. The lowest BCUT2D eigenvalue weighted by atomic mass is 10.1. The third kappa shape index (κ3) is 3.94. The predicted molar refractivity (Wildman–Crippen MR) is 86.9 cm³/mol. The van der Waals surface area contributed by atoms with Crippen LogP contribution in [0.25, 0.3) is 0 Å². The number of aryl methyl sites for hydroxylation is 1. The topological polar surface area (TPSA) is 41.1 Å². The smallest absolute Gasteiger partial charge is 0.208 e. The molecule has 0 aliphatic carbocycles. The van der Waals surface area contributed by atoms with E-state index in [-0.39, 0.29) is 0 Å². The highest BCUT2D eigenvalue weighted by atomic mass is 32.2. The lowest BCUT2D eigenvalue weighted by Gasteiger charge is -2.08. The highest BCUT2D eigenvalue weighted by Gasteiger charge is 2.08. The minimum Gasteiger partial charge on any atom is -0.353 e. The van der Waals surface area contributed by atoms with E-state index in [1.165, 1.54) is 16.0 Å². The number of rotatable bonds is 6. The first-order chi connectivity index (χ1) is 9.60. The first kappa shape index (κ1) is 15.3. The lowest BCUT2D eigenvalue weighted by Crippen LogP contribution is -2.12. The molecule has 4 nitrogen and oxygen atoms in total. The summed E-state index contributed by atoms with van der Waals surface area (Å²) in [5.41, 5.74) is 2.66. The van der Waals surface area contributed by atoms with Gasteiger partial charge in [0, 0.05) is 25.5 Å². The molecule has 1 heterocycles. The minimum absolute atomic E-state index is 0.927. The summed E-state index contributed by atoms with van der Waals surface area (Å²) < 4.78 is 0.979. The summed E-state index contributed by atoms with van der Waals surface area (Å²) in [5.74, 6) is 0. The van der Waals surface area contributed by atoms with Crippen molar-refractivity contribution in [1.82, 2.24) is 15.5 Å². The molecule has 108 valence electrons.